The van der Waals surface area contributed by atoms with E-state index in [0.717, 1.165) is 11.1 Å². The Morgan fingerprint density at radius 2 is 1.96 bits per heavy atom. The van der Waals surface area contributed by atoms with E-state index in [-0.39, 0.29) is 18.4 Å². The minimum Gasteiger partial charge on any atom is -0.495 e. The van der Waals surface area contributed by atoms with Gasteiger partial charge in [-0.1, -0.05) is 41.4 Å². The molecular weight excluding hydrogens is 340 g/mol. The molecule has 0 spiro atoms. The van der Waals surface area contributed by atoms with Gasteiger partial charge in [-0.2, -0.15) is 0 Å². The normalized spacial score (nSPS) is 10.2. The van der Waals surface area contributed by atoms with Crippen molar-refractivity contribution in [2.24, 2.45) is 0 Å². The highest BCUT2D eigenvalue weighted by molar-refractivity contribution is 6.32. The Balaban J connectivity index is 2.04. The lowest BCUT2D eigenvalue weighted by Gasteiger charge is -2.21. The molecule has 0 saturated carbocycles. The van der Waals surface area contributed by atoms with Gasteiger partial charge >= 0.3 is 0 Å². The zero-order chi connectivity index (χ0) is 18.4. The van der Waals surface area contributed by atoms with Crippen LogP contribution in [0.4, 0.5) is 5.69 Å². The van der Waals surface area contributed by atoms with Crippen LogP contribution in [0.2, 0.25) is 5.02 Å². The van der Waals surface area contributed by atoms with Gasteiger partial charge in [0.2, 0.25) is 11.8 Å². The molecule has 2 rings (SSSR count). The number of benzene rings is 2. The fourth-order valence-corrected chi connectivity index (χ4v) is 2.68. The molecule has 0 atom stereocenters. The van der Waals surface area contributed by atoms with Crippen LogP contribution in [0.3, 0.4) is 0 Å². The van der Waals surface area contributed by atoms with E-state index in [1.165, 1.54) is 18.9 Å². The van der Waals surface area contributed by atoms with Crippen LogP contribution in [0.5, 0.6) is 5.75 Å². The molecule has 5 nitrogen and oxygen atoms in total. The van der Waals surface area contributed by atoms with Crippen LogP contribution >= 0.6 is 11.6 Å². The zero-order valence-corrected chi connectivity index (χ0v) is 15.3. The molecule has 6 heteroatoms. The summed E-state index contributed by atoms with van der Waals surface area (Å²) in [6.07, 6.45) is 0. The monoisotopic (exact) mass is 360 g/mol. The Kier molecular flexibility index (Phi) is 6.42. The average Bonchev–Trinajstić information content (AvgIpc) is 2.57. The second kappa shape index (κ2) is 8.53. The van der Waals surface area contributed by atoms with Gasteiger partial charge in [0, 0.05) is 19.2 Å². The number of hydrogen-bond acceptors (Lipinski definition) is 3. The number of ether oxygens (including phenoxy) is 1. The summed E-state index contributed by atoms with van der Waals surface area (Å²) < 4.78 is 5.10. The molecule has 0 saturated heterocycles. The largest absolute Gasteiger partial charge is 0.495 e. The predicted molar refractivity (Wildman–Crippen MR) is 99.1 cm³/mol. The van der Waals surface area contributed by atoms with Crippen LogP contribution in [0.25, 0.3) is 0 Å². The summed E-state index contributed by atoms with van der Waals surface area (Å²) >= 11 is 6.11. The quantitative estimate of drug-likeness (QED) is 0.859. The van der Waals surface area contributed by atoms with Crippen molar-refractivity contribution in [3.05, 3.63) is 58.6 Å². The number of carbonyl (C=O) groups excluding carboxylic acids is 2. The van der Waals surface area contributed by atoms with E-state index in [1.807, 2.05) is 31.2 Å². The lowest BCUT2D eigenvalue weighted by Crippen LogP contribution is -2.39. The highest BCUT2D eigenvalue weighted by atomic mass is 35.5. The smallest absolute Gasteiger partial charge is 0.240 e. The summed E-state index contributed by atoms with van der Waals surface area (Å²) in [5, 5.41) is 3.21. The molecule has 0 heterocycles. The first-order chi connectivity index (χ1) is 11.9. The Bertz CT molecular complexity index is 777. The third-order valence-electron chi connectivity index (χ3n) is 3.70. The number of methoxy groups -OCH3 is 1. The molecule has 0 unspecified atom stereocenters. The fraction of sp³-hybridized carbons (Fsp3) is 0.263. The number of nitrogens with one attached hydrogen (secondary N) is 1. The minimum atomic E-state index is -0.247. The molecule has 25 heavy (non-hydrogen) atoms. The van der Waals surface area contributed by atoms with Crippen LogP contribution < -0.4 is 15.0 Å². The van der Waals surface area contributed by atoms with Crippen LogP contribution in [0.15, 0.2) is 42.5 Å². The molecule has 0 aliphatic heterocycles. The Labute approximate surface area is 152 Å². The van der Waals surface area contributed by atoms with Crippen LogP contribution in [-0.4, -0.2) is 25.5 Å². The number of hydrogen-bond donors (Lipinski definition) is 1. The van der Waals surface area contributed by atoms with Crippen molar-refractivity contribution in [3.63, 3.8) is 0 Å². The Hall–Kier alpha value is -2.53. The van der Waals surface area contributed by atoms with Crippen molar-refractivity contribution < 1.29 is 14.3 Å². The average molecular weight is 361 g/mol. The van der Waals surface area contributed by atoms with Gasteiger partial charge in [0.1, 0.15) is 12.3 Å². The molecule has 1 N–H and O–H groups in total. The topological polar surface area (TPSA) is 58.6 Å². The molecule has 0 bridgehead atoms. The van der Waals surface area contributed by atoms with Gasteiger partial charge in [-0.3, -0.25) is 9.59 Å². The van der Waals surface area contributed by atoms with Gasteiger partial charge in [-0.05, 0) is 30.7 Å². The van der Waals surface area contributed by atoms with Crippen molar-refractivity contribution in [2.45, 2.75) is 20.4 Å². The van der Waals surface area contributed by atoms with E-state index < -0.39 is 0 Å². The van der Waals surface area contributed by atoms with E-state index in [0.29, 0.717) is 23.0 Å². The van der Waals surface area contributed by atoms with Crippen LogP contribution in [-0.2, 0) is 16.1 Å². The lowest BCUT2D eigenvalue weighted by atomic mass is 10.1. The zero-order valence-electron chi connectivity index (χ0n) is 14.5. The molecule has 2 amide bonds. The third kappa shape index (κ3) is 5.22. The summed E-state index contributed by atoms with van der Waals surface area (Å²) in [7, 11) is 1.52. The molecular formula is C19H21ClN2O3. The number of anilines is 1. The van der Waals surface area contributed by atoms with Crippen molar-refractivity contribution >= 4 is 29.1 Å². The highest BCUT2D eigenvalue weighted by Crippen LogP contribution is 2.29. The maximum atomic E-state index is 12.2. The van der Waals surface area contributed by atoms with Gasteiger partial charge in [0.15, 0.2) is 0 Å². The summed E-state index contributed by atoms with van der Waals surface area (Å²) in [6, 6.07) is 12.9. The number of aryl methyl sites for hydroxylation is 1. The maximum absolute atomic E-state index is 12.2. The van der Waals surface area contributed by atoms with Gasteiger partial charge in [0.05, 0.1) is 12.1 Å². The number of carbonyl (C=O) groups is 2. The standard InChI is InChI=1S/C19H21ClN2O3/c1-13-5-4-6-15(9-13)11-21-19(24)12-22(14(2)23)16-7-8-18(25-3)17(20)10-16/h4-10H,11-12H2,1-3H3,(H,21,24). The number of nitrogens with zero attached hydrogens (tertiary/aromatic N) is 1. The van der Waals surface area contributed by atoms with Gasteiger partial charge in [0.25, 0.3) is 0 Å². The molecule has 2 aromatic carbocycles. The molecule has 2 aromatic rings. The Morgan fingerprint density at radius 3 is 2.56 bits per heavy atom. The van der Waals surface area contributed by atoms with Crippen molar-refractivity contribution in [1.82, 2.24) is 5.32 Å². The van der Waals surface area contributed by atoms with E-state index in [4.69, 9.17) is 16.3 Å². The van der Waals surface area contributed by atoms with Gasteiger partial charge in [-0.15, -0.1) is 0 Å². The first kappa shape index (κ1) is 18.8. The van der Waals surface area contributed by atoms with E-state index >= 15 is 0 Å². The molecule has 0 aliphatic carbocycles. The van der Waals surface area contributed by atoms with Crippen LogP contribution in [0.1, 0.15) is 18.1 Å². The van der Waals surface area contributed by atoms with E-state index in [2.05, 4.69) is 5.32 Å². The van der Waals surface area contributed by atoms with Crippen LogP contribution in [0, 0.1) is 6.92 Å². The van der Waals surface area contributed by atoms with Gasteiger partial charge in [-0.25, -0.2) is 0 Å². The fourth-order valence-electron chi connectivity index (χ4n) is 2.43. The number of amides is 2. The predicted octanol–water partition coefficient (Wildman–Crippen LogP) is 3.33. The first-order valence-corrected chi connectivity index (χ1v) is 8.22. The SMILES string of the molecule is COc1ccc(N(CC(=O)NCc2cccc(C)c2)C(C)=O)cc1Cl. The summed E-state index contributed by atoms with van der Waals surface area (Å²) in [6.45, 7) is 3.74. The summed E-state index contributed by atoms with van der Waals surface area (Å²) in [5.41, 5.74) is 2.68. The molecule has 132 valence electrons. The second-order valence-corrected chi connectivity index (χ2v) is 6.10. The van der Waals surface area contributed by atoms with E-state index in [9.17, 15) is 9.59 Å². The van der Waals surface area contributed by atoms with Gasteiger partial charge < -0.3 is 15.0 Å². The van der Waals surface area contributed by atoms with E-state index in [1.54, 1.807) is 18.2 Å². The minimum absolute atomic E-state index is 0.0796. The second-order valence-electron chi connectivity index (χ2n) is 5.69. The molecule has 0 aliphatic rings. The number of halogens is 1. The maximum Gasteiger partial charge on any atom is 0.240 e. The first-order valence-electron chi connectivity index (χ1n) is 7.84. The molecule has 0 aromatic heterocycles. The molecule has 0 fully saturated rings. The lowest BCUT2D eigenvalue weighted by molar-refractivity contribution is -0.123. The van der Waals surface area contributed by atoms with Crippen molar-refractivity contribution in [3.8, 4) is 5.75 Å². The highest BCUT2D eigenvalue weighted by Gasteiger charge is 2.17. The Morgan fingerprint density at radius 1 is 1.20 bits per heavy atom. The third-order valence-corrected chi connectivity index (χ3v) is 4.00. The summed E-state index contributed by atoms with van der Waals surface area (Å²) in [5.74, 6) is 0.0217. The van der Waals surface area contributed by atoms with Crippen molar-refractivity contribution in [2.75, 3.05) is 18.6 Å². The molecule has 0 radical (unpaired) electrons. The number of rotatable bonds is 6. The van der Waals surface area contributed by atoms with Crippen molar-refractivity contribution in [1.29, 1.82) is 0 Å². The summed E-state index contributed by atoms with van der Waals surface area (Å²) in [4.78, 5) is 25.5.